The molecule has 1 atom stereocenters. The topological polar surface area (TPSA) is 38.3 Å². The number of carbonyl (C=O) groups excluding carboxylic acids is 1. The van der Waals surface area contributed by atoms with Crippen molar-refractivity contribution >= 4 is 17.7 Å². The van der Waals surface area contributed by atoms with Gasteiger partial charge in [0.05, 0.1) is 0 Å². The first-order chi connectivity index (χ1) is 7.92. The molecule has 17 heavy (non-hydrogen) atoms. The van der Waals surface area contributed by atoms with E-state index in [0.717, 1.165) is 6.07 Å². The van der Waals surface area contributed by atoms with Crippen LogP contribution in [0.5, 0.6) is 0 Å². The highest BCUT2D eigenvalue weighted by Gasteiger charge is 2.48. The number of cyclic esters (lactones) is 1. The van der Waals surface area contributed by atoms with Gasteiger partial charge in [-0.15, -0.1) is 0 Å². The molecule has 0 unspecified atom stereocenters. The van der Waals surface area contributed by atoms with Crippen molar-refractivity contribution in [1.82, 2.24) is 5.32 Å². The summed E-state index contributed by atoms with van der Waals surface area (Å²) < 4.78 is 44.7. The zero-order valence-electron chi connectivity index (χ0n) is 8.34. The largest absolute Gasteiger partial charge is 0.443 e. The summed E-state index contributed by atoms with van der Waals surface area (Å²) in [5, 5.41) is 1.70. The smallest absolute Gasteiger partial charge is 0.408 e. The fraction of sp³-hybridized carbons (Fsp3) is 0.300. The van der Waals surface area contributed by atoms with Gasteiger partial charge in [0.1, 0.15) is 11.9 Å². The average molecular weight is 266 g/mol. The maximum absolute atomic E-state index is 13.5. The molecular weight excluding hydrogens is 259 g/mol. The molecule has 0 saturated carbocycles. The minimum absolute atomic E-state index is 0.170. The number of alkyl halides is 2. The molecule has 1 amide bonds. The van der Waals surface area contributed by atoms with E-state index in [4.69, 9.17) is 11.6 Å². The van der Waals surface area contributed by atoms with Crippen LogP contribution in [0.25, 0.3) is 0 Å². The van der Waals surface area contributed by atoms with Crippen molar-refractivity contribution in [1.29, 1.82) is 0 Å². The molecule has 1 aromatic carbocycles. The highest BCUT2D eigenvalue weighted by Crippen LogP contribution is 2.38. The van der Waals surface area contributed by atoms with Gasteiger partial charge in [0.2, 0.25) is 0 Å². The third kappa shape index (κ3) is 2.17. The van der Waals surface area contributed by atoms with E-state index >= 15 is 0 Å². The summed E-state index contributed by atoms with van der Waals surface area (Å²) in [5.74, 6) is -4.32. The van der Waals surface area contributed by atoms with Crippen LogP contribution < -0.4 is 5.32 Å². The monoisotopic (exact) mass is 265 g/mol. The number of alkyl carbamates (subject to hydrolysis) is 1. The molecule has 1 aliphatic heterocycles. The predicted molar refractivity (Wildman–Crippen MR) is 53.6 cm³/mol. The lowest BCUT2D eigenvalue weighted by Gasteiger charge is -2.32. The Labute approximate surface area is 99.5 Å². The average Bonchev–Trinajstić information content (AvgIpc) is 2.23. The fourth-order valence-corrected chi connectivity index (χ4v) is 1.85. The number of amides is 1. The van der Waals surface area contributed by atoms with Crippen LogP contribution in [0.2, 0.25) is 5.02 Å². The normalized spacial score (nSPS) is 22.8. The molecule has 1 aromatic rings. The highest BCUT2D eigenvalue weighted by molar-refractivity contribution is 6.31. The van der Waals surface area contributed by atoms with Crippen molar-refractivity contribution in [2.45, 2.75) is 12.0 Å². The fourth-order valence-electron chi connectivity index (χ4n) is 1.58. The van der Waals surface area contributed by atoms with E-state index in [0.29, 0.717) is 0 Å². The van der Waals surface area contributed by atoms with Crippen LogP contribution in [0.1, 0.15) is 11.6 Å². The van der Waals surface area contributed by atoms with Crippen LogP contribution in [0.4, 0.5) is 18.0 Å². The van der Waals surface area contributed by atoms with Gasteiger partial charge in [0.15, 0.2) is 6.61 Å². The number of hydrogen-bond acceptors (Lipinski definition) is 2. The molecule has 0 radical (unpaired) electrons. The SMILES string of the molecule is O=C1N[C@@H](c2c(F)cccc2Cl)C(F)(F)CO1. The second-order valence-electron chi connectivity index (χ2n) is 3.55. The van der Waals surface area contributed by atoms with Gasteiger partial charge < -0.3 is 10.1 Å². The number of rotatable bonds is 1. The first-order valence-corrected chi connectivity index (χ1v) is 5.04. The molecule has 1 fully saturated rings. The number of hydrogen-bond donors (Lipinski definition) is 1. The van der Waals surface area contributed by atoms with Gasteiger partial charge in [-0.25, -0.2) is 18.0 Å². The van der Waals surface area contributed by atoms with Crippen LogP contribution in [0.3, 0.4) is 0 Å². The van der Waals surface area contributed by atoms with Gasteiger partial charge in [-0.1, -0.05) is 17.7 Å². The van der Waals surface area contributed by atoms with Gasteiger partial charge in [-0.2, -0.15) is 0 Å². The second-order valence-corrected chi connectivity index (χ2v) is 3.96. The van der Waals surface area contributed by atoms with E-state index in [1.54, 1.807) is 0 Å². The summed E-state index contributed by atoms with van der Waals surface area (Å²) in [6.07, 6.45) is -1.03. The lowest BCUT2D eigenvalue weighted by atomic mass is 9.99. The molecule has 7 heteroatoms. The molecule has 3 nitrogen and oxygen atoms in total. The second kappa shape index (κ2) is 4.10. The van der Waals surface area contributed by atoms with Crippen molar-refractivity contribution < 1.29 is 22.7 Å². The molecule has 0 aliphatic carbocycles. The van der Waals surface area contributed by atoms with Gasteiger partial charge in [-0.3, -0.25) is 0 Å². The van der Waals surface area contributed by atoms with Gasteiger partial charge in [-0.05, 0) is 12.1 Å². The van der Waals surface area contributed by atoms with E-state index in [9.17, 15) is 18.0 Å². The minimum Gasteiger partial charge on any atom is -0.443 e. The van der Waals surface area contributed by atoms with Crippen molar-refractivity contribution in [3.8, 4) is 0 Å². The standard InChI is InChI=1S/C10H7ClF3NO2/c11-5-2-1-3-6(12)7(5)8-10(13,14)4-17-9(16)15-8/h1-3,8H,4H2,(H,15,16)/t8-/m0/s1. The maximum atomic E-state index is 13.5. The van der Waals surface area contributed by atoms with Crippen molar-refractivity contribution in [3.05, 3.63) is 34.6 Å². The first kappa shape index (κ1) is 12.0. The molecule has 0 bridgehead atoms. The van der Waals surface area contributed by atoms with Gasteiger partial charge >= 0.3 is 12.0 Å². The zero-order chi connectivity index (χ0) is 12.6. The Bertz CT molecular complexity index is 447. The lowest BCUT2D eigenvalue weighted by Crippen LogP contribution is -2.50. The van der Waals surface area contributed by atoms with Crippen LogP contribution in [0, 0.1) is 5.82 Å². The highest BCUT2D eigenvalue weighted by atomic mass is 35.5. The summed E-state index contributed by atoms with van der Waals surface area (Å²) >= 11 is 5.67. The summed E-state index contributed by atoms with van der Waals surface area (Å²) in [4.78, 5) is 10.9. The Hall–Kier alpha value is -1.43. The predicted octanol–water partition coefficient (Wildman–Crippen LogP) is 2.90. The Morgan fingerprint density at radius 2 is 2.18 bits per heavy atom. The van der Waals surface area contributed by atoms with E-state index in [2.05, 4.69) is 4.74 Å². The number of carbonyl (C=O) groups is 1. The summed E-state index contributed by atoms with van der Waals surface area (Å²) in [7, 11) is 0. The molecule has 0 aromatic heterocycles. The Balaban J connectivity index is 2.46. The number of nitrogens with one attached hydrogen (secondary N) is 1. The zero-order valence-corrected chi connectivity index (χ0v) is 9.10. The Morgan fingerprint density at radius 1 is 1.47 bits per heavy atom. The van der Waals surface area contributed by atoms with Crippen LogP contribution >= 0.6 is 11.6 Å². The van der Waals surface area contributed by atoms with E-state index in [1.165, 1.54) is 12.1 Å². The Kier molecular flexibility index (Phi) is 2.91. The molecule has 1 aliphatic rings. The molecule has 0 spiro atoms. The van der Waals surface area contributed by atoms with Gasteiger partial charge in [0, 0.05) is 10.6 Å². The molecule has 1 saturated heterocycles. The van der Waals surface area contributed by atoms with Crippen molar-refractivity contribution in [2.24, 2.45) is 0 Å². The van der Waals surface area contributed by atoms with E-state index in [-0.39, 0.29) is 5.02 Å². The molecule has 92 valence electrons. The van der Waals surface area contributed by atoms with Crippen molar-refractivity contribution in [3.63, 3.8) is 0 Å². The number of halogens is 4. The third-order valence-corrected chi connectivity index (χ3v) is 2.70. The quantitative estimate of drug-likeness (QED) is 0.848. The maximum Gasteiger partial charge on any atom is 0.408 e. The van der Waals surface area contributed by atoms with Crippen LogP contribution in [-0.2, 0) is 4.74 Å². The third-order valence-electron chi connectivity index (χ3n) is 2.37. The molecule has 1 heterocycles. The first-order valence-electron chi connectivity index (χ1n) is 4.67. The lowest BCUT2D eigenvalue weighted by molar-refractivity contribution is -0.104. The van der Waals surface area contributed by atoms with E-state index in [1.807, 2.05) is 5.32 Å². The minimum atomic E-state index is -3.42. The van der Waals surface area contributed by atoms with Crippen molar-refractivity contribution in [2.75, 3.05) is 6.61 Å². The van der Waals surface area contributed by atoms with Crippen LogP contribution in [0.15, 0.2) is 18.2 Å². The molecular formula is C10H7ClF3NO2. The molecule has 2 rings (SSSR count). The summed E-state index contributed by atoms with van der Waals surface area (Å²) in [6, 6.07) is 1.74. The van der Waals surface area contributed by atoms with E-state index < -0.39 is 36.0 Å². The number of ether oxygens (including phenoxy) is 1. The van der Waals surface area contributed by atoms with Crippen LogP contribution in [-0.4, -0.2) is 18.6 Å². The summed E-state index contributed by atoms with van der Waals surface area (Å²) in [5.41, 5.74) is -0.434. The Morgan fingerprint density at radius 3 is 2.82 bits per heavy atom. The number of benzene rings is 1. The molecule has 1 N–H and O–H groups in total. The summed E-state index contributed by atoms with van der Waals surface area (Å²) in [6.45, 7) is -1.10. The van der Waals surface area contributed by atoms with Gasteiger partial charge in [0.25, 0.3) is 0 Å².